The summed E-state index contributed by atoms with van der Waals surface area (Å²) < 4.78 is 2.04. The Hall–Kier alpha value is -1.68. The minimum atomic E-state index is -0.0760. The van der Waals surface area contributed by atoms with Gasteiger partial charge in [0.1, 0.15) is 0 Å². The van der Waals surface area contributed by atoms with E-state index in [-0.39, 0.29) is 6.04 Å². The first-order chi connectivity index (χ1) is 9.15. The van der Waals surface area contributed by atoms with E-state index in [1.54, 1.807) is 6.20 Å². The van der Waals surface area contributed by atoms with Gasteiger partial charge in [-0.15, -0.1) is 0 Å². The van der Waals surface area contributed by atoms with Gasteiger partial charge in [0.2, 0.25) is 0 Å². The van der Waals surface area contributed by atoms with Crippen molar-refractivity contribution in [2.24, 2.45) is 5.73 Å². The molecule has 2 rings (SSSR count). The summed E-state index contributed by atoms with van der Waals surface area (Å²) in [5.41, 5.74) is 10.7. The fourth-order valence-corrected chi connectivity index (χ4v) is 2.33. The van der Waals surface area contributed by atoms with Crippen LogP contribution in [0.5, 0.6) is 0 Å². The van der Waals surface area contributed by atoms with Crippen LogP contribution in [-0.2, 0) is 19.4 Å². The Kier molecular flexibility index (Phi) is 4.32. The molecule has 1 unspecified atom stereocenters. The van der Waals surface area contributed by atoms with Crippen LogP contribution in [0.15, 0.2) is 24.4 Å². The number of aromatic nitrogens is 3. The molecule has 2 heterocycles. The van der Waals surface area contributed by atoms with Crippen LogP contribution >= 0.6 is 0 Å². The lowest BCUT2D eigenvalue weighted by molar-refractivity contribution is 0.579. The molecule has 0 radical (unpaired) electrons. The van der Waals surface area contributed by atoms with Gasteiger partial charge in [-0.1, -0.05) is 13.0 Å². The lowest BCUT2D eigenvalue weighted by Crippen LogP contribution is -2.18. The van der Waals surface area contributed by atoms with Gasteiger partial charge in [-0.2, -0.15) is 5.10 Å². The summed E-state index contributed by atoms with van der Waals surface area (Å²) in [6.45, 7) is 7.16. The van der Waals surface area contributed by atoms with Gasteiger partial charge in [0.25, 0.3) is 0 Å². The highest BCUT2D eigenvalue weighted by Gasteiger charge is 2.14. The largest absolute Gasteiger partial charge is 0.322 e. The second kappa shape index (κ2) is 5.97. The summed E-state index contributed by atoms with van der Waals surface area (Å²) >= 11 is 0. The molecule has 0 bridgehead atoms. The molecule has 2 N–H and O–H groups in total. The second-order valence-electron chi connectivity index (χ2n) is 4.81. The molecule has 4 heteroatoms. The van der Waals surface area contributed by atoms with Gasteiger partial charge in [-0.05, 0) is 38.0 Å². The molecule has 0 aliphatic carbocycles. The maximum Gasteiger partial charge on any atom is 0.0624 e. The van der Waals surface area contributed by atoms with Crippen LogP contribution in [0.2, 0.25) is 0 Å². The van der Waals surface area contributed by atoms with E-state index < -0.39 is 0 Å². The number of hydrogen-bond acceptors (Lipinski definition) is 3. The highest BCUT2D eigenvalue weighted by Crippen LogP contribution is 2.18. The number of pyridine rings is 1. The fourth-order valence-electron chi connectivity index (χ4n) is 2.33. The minimum absolute atomic E-state index is 0.0760. The Morgan fingerprint density at radius 1 is 1.37 bits per heavy atom. The van der Waals surface area contributed by atoms with Gasteiger partial charge in [-0.25, -0.2) is 0 Å². The molecule has 0 amide bonds. The molecule has 4 nitrogen and oxygen atoms in total. The van der Waals surface area contributed by atoms with Gasteiger partial charge in [0.15, 0.2) is 0 Å². The van der Waals surface area contributed by atoms with Crippen molar-refractivity contribution in [3.05, 3.63) is 47.0 Å². The first-order valence-electron chi connectivity index (χ1n) is 6.88. The molecule has 2 aromatic rings. The third-order valence-electron chi connectivity index (χ3n) is 3.41. The molecular weight excluding hydrogens is 236 g/mol. The highest BCUT2D eigenvalue weighted by atomic mass is 15.3. The quantitative estimate of drug-likeness (QED) is 0.896. The normalized spacial score (nSPS) is 12.6. The van der Waals surface area contributed by atoms with E-state index in [0.717, 1.165) is 36.3 Å². The van der Waals surface area contributed by atoms with Gasteiger partial charge < -0.3 is 5.73 Å². The average Bonchev–Trinajstić information content (AvgIpc) is 2.81. The zero-order valence-electron chi connectivity index (χ0n) is 11.9. The summed E-state index contributed by atoms with van der Waals surface area (Å²) in [6, 6.07) is 6.07. The summed E-state index contributed by atoms with van der Waals surface area (Å²) in [6.07, 6.45) is 3.54. The van der Waals surface area contributed by atoms with Crippen LogP contribution in [0.4, 0.5) is 0 Å². The molecule has 0 aliphatic heterocycles. The molecular formula is C15H22N4. The van der Waals surface area contributed by atoms with E-state index >= 15 is 0 Å². The van der Waals surface area contributed by atoms with Crippen LogP contribution in [0, 0.1) is 6.92 Å². The zero-order valence-corrected chi connectivity index (χ0v) is 11.9. The number of nitrogens with zero attached hydrogens (tertiary/aromatic N) is 3. The molecule has 0 aliphatic rings. The van der Waals surface area contributed by atoms with Crippen molar-refractivity contribution in [1.82, 2.24) is 14.8 Å². The Balaban J connectivity index is 2.21. The van der Waals surface area contributed by atoms with Crippen LogP contribution in [-0.4, -0.2) is 14.8 Å². The van der Waals surface area contributed by atoms with Crippen molar-refractivity contribution >= 4 is 0 Å². The lowest BCUT2D eigenvalue weighted by atomic mass is 10.0. The van der Waals surface area contributed by atoms with Crippen LogP contribution in [0.3, 0.4) is 0 Å². The van der Waals surface area contributed by atoms with Gasteiger partial charge in [0.05, 0.1) is 17.4 Å². The predicted octanol–water partition coefficient (Wildman–Crippen LogP) is 2.41. The molecule has 2 aromatic heterocycles. The average molecular weight is 258 g/mol. The number of nitrogens with two attached hydrogens (primary N) is 1. The minimum Gasteiger partial charge on any atom is -0.322 e. The molecule has 0 saturated carbocycles. The van der Waals surface area contributed by atoms with Crippen LogP contribution in [0.25, 0.3) is 0 Å². The smallest absolute Gasteiger partial charge is 0.0624 e. The Morgan fingerprint density at radius 2 is 2.16 bits per heavy atom. The maximum absolute atomic E-state index is 6.30. The summed E-state index contributed by atoms with van der Waals surface area (Å²) in [4.78, 5) is 4.40. The molecule has 0 saturated heterocycles. The van der Waals surface area contributed by atoms with Crippen LogP contribution < -0.4 is 5.73 Å². The summed E-state index contributed by atoms with van der Waals surface area (Å²) in [7, 11) is 0. The van der Waals surface area contributed by atoms with Crippen molar-refractivity contribution in [3.63, 3.8) is 0 Å². The Morgan fingerprint density at radius 3 is 2.79 bits per heavy atom. The van der Waals surface area contributed by atoms with Crippen molar-refractivity contribution in [2.45, 2.75) is 46.2 Å². The molecule has 0 spiro atoms. The van der Waals surface area contributed by atoms with Crippen molar-refractivity contribution < 1.29 is 0 Å². The number of hydrogen-bond donors (Lipinski definition) is 1. The van der Waals surface area contributed by atoms with E-state index in [0.29, 0.717) is 0 Å². The third-order valence-corrected chi connectivity index (χ3v) is 3.41. The predicted molar refractivity (Wildman–Crippen MR) is 76.9 cm³/mol. The van der Waals surface area contributed by atoms with E-state index in [1.807, 2.05) is 10.7 Å². The molecule has 0 aromatic carbocycles. The van der Waals surface area contributed by atoms with E-state index in [9.17, 15) is 0 Å². The molecule has 19 heavy (non-hydrogen) atoms. The Labute approximate surface area is 114 Å². The molecule has 0 fully saturated rings. The van der Waals surface area contributed by atoms with E-state index in [2.05, 4.69) is 43.0 Å². The van der Waals surface area contributed by atoms with Gasteiger partial charge in [0, 0.05) is 24.9 Å². The first-order valence-corrected chi connectivity index (χ1v) is 6.88. The molecule has 1 atom stereocenters. The van der Waals surface area contributed by atoms with Crippen molar-refractivity contribution in [3.8, 4) is 0 Å². The summed E-state index contributed by atoms with van der Waals surface area (Å²) in [5.74, 6) is 0. The Bertz CT molecular complexity index is 545. The highest BCUT2D eigenvalue weighted by molar-refractivity contribution is 5.23. The topological polar surface area (TPSA) is 56.7 Å². The lowest BCUT2D eigenvalue weighted by Gasteiger charge is -2.14. The van der Waals surface area contributed by atoms with Crippen LogP contribution in [0.1, 0.15) is 42.5 Å². The van der Waals surface area contributed by atoms with Crippen molar-refractivity contribution in [2.75, 3.05) is 0 Å². The second-order valence-corrected chi connectivity index (χ2v) is 4.81. The SMILES string of the molecule is CCc1cc(CC(N)c2ncccc2C)n(CC)n1. The maximum atomic E-state index is 6.30. The molecule has 102 valence electrons. The monoisotopic (exact) mass is 258 g/mol. The zero-order chi connectivity index (χ0) is 13.8. The van der Waals surface area contributed by atoms with Crippen molar-refractivity contribution in [1.29, 1.82) is 0 Å². The van der Waals surface area contributed by atoms with Gasteiger partial charge >= 0.3 is 0 Å². The standard InChI is InChI=1S/C15H22N4/c1-4-12-9-13(19(5-2)18-12)10-14(16)15-11(3)7-6-8-17-15/h6-9,14H,4-5,10,16H2,1-3H3. The van der Waals surface area contributed by atoms with E-state index in [1.165, 1.54) is 5.69 Å². The first kappa shape index (κ1) is 13.7. The van der Waals surface area contributed by atoms with E-state index in [4.69, 9.17) is 5.73 Å². The third kappa shape index (κ3) is 3.01. The summed E-state index contributed by atoms with van der Waals surface area (Å²) in [5, 5.41) is 4.56. The van der Waals surface area contributed by atoms with Gasteiger partial charge in [-0.3, -0.25) is 9.67 Å². The number of aryl methyl sites for hydroxylation is 3. The number of rotatable bonds is 5. The fraction of sp³-hybridized carbons (Fsp3) is 0.467.